The lowest BCUT2D eigenvalue weighted by molar-refractivity contribution is -0.144. The molecule has 0 aromatic heterocycles. The fourth-order valence-electron chi connectivity index (χ4n) is 5.00. The summed E-state index contributed by atoms with van der Waals surface area (Å²) in [6.07, 6.45) is 8.88. The minimum Gasteiger partial charge on any atom is -0.342 e. The number of likely N-dealkylation sites (tertiary alicyclic amines) is 1. The van der Waals surface area contributed by atoms with Crippen molar-refractivity contribution in [2.75, 3.05) is 46.3 Å². The molecule has 3 rings (SSSR count). The van der Waals surface area contributed by atoms with Crippen LogP contribution in [0.25, 0.3) is 0 Å². The van der Waals surface area contributed by atoms with Crippen molar-refractivity contribution >= 4 is 11.8 Å². The van der Waals surface area contributed by atoms with Crippen molar-refractivity contribution in [3.8, 4) is 0 Å². The van der Waals surface area contributed by atoms with E-state index in [1.807, 2.05) is 4.90 Å². The molecular formula is C21H37N3O2. The zero-order chi connectivity index (χ0) is 18.5. The van der Waals surface area contributed by atoms with E-state index in [4.69, 9.17) is 0 Å². The first-order valence-corrected chi connectivity index (χ1v) is 10.8. The van der Waals surface area contributed by atoms with Gasteiger partial charge in [-0.1, -0.05) is 19.8 Å². The molecule has 5 heteroatoms. The highest BCUT2D eigenvalue weighted by Crippen LogP contribution is 2.33. The molecule has 0 aromatic carbocycles. The van der Waals surface area contributed by atoms with Gasteiger partial charge in [0.05, 0.1) is 0 Å². The second-order valence-corrected chi connectivity index (χ2v) is 8.73. The number of nitrogens with zero attached hydrogens (tertiary/aromatic N) is 3. The van der Waals surface area contributed by atoms with Crippen LogP contribution in [0.1, 0.15) is 58.3 Å². The van der Waals surface area contributed by atoms with Crippen molar-refractivity contribution in [3.63, 3.8) is 0 Å². The van der Waals surface area contributed by atoms with E-state index in [0.29, 0.717) is 11.8 Å². The molecular weight excluding hydrogens is 326 g/mol. The number of likely N-dealkylation sites (N-methyl/N-ethyl adjacent to an activating group) is 1. The molecule has 3 aliphatic rings. The van der Waals surface area contributed by atoms with Gasteiger partial charge in [0, 0.05) is 51.1 Å². The van der Waals surface area contributed by atoms with Crippen LogP contribution in [0.3, 0.4) is 0 Å². The van der Waals surface area contributed by atoms with Crippen molar-refractivity contribution in [1.82, 2.24) is 14.7 Å². The molecule has 1 aliphatic carbocycles. The normalized spacial score (nSPS) is 29.0. The molecule has 5 nitrogen and oxygen atoms in total. The van der Waals surface area contributed by atoms with Crippen LogP contribution in [0, 0.1) is 17.8 Å². The van der Waals surface area contributed by atoms with Crippen molar-refractivity contribution in [2.24, 2.45) is 17.8 Å². The first-order chi connectivity index (χ1) is 12.6. The van der Waals surface area contributed by atoms with Gasteiger partial charge in [0.15, 0.2) is 0 Å². The average Bonchev–Trinajstić information content (AvgIpc) is 2.68. The van der Waals surface area contributed by atoms with Gasteiger partial charge in [-0.25, -0.2) is 0 Å². The van der Waals surface area contributed by atoms with E-state index in [1.165, 1.54) is 25.7 Å². The molecule has 26 heavy (non-hydrogen) atoms. The lowest BCUT2D eigenvalue weighted by Gasteiger charge is -2.39. The van der Waals surface area contributed by atoms with Crippen LogP contribution in [-0.4, -0.2) is 72.8 Å². The van der Waals surface area contributed by atoms with Gasteiger partial charge in [-0.3, -0.25) is 9.59 Å². The maximum atomic E-state index is 12.9. The van der Waals surface area contributed by atoms with E-state index in [9.17, 15) is 9.59 Å². The van der Waals surface area contributed by atoms with Gasteiger partial charge < -0.3 is 14.7 Å². The van der Waals surface area contributed by atoms with Crippen molar-refractivity contribution < 1.29 is 9.59 Å². The molecule has 0 spiro atoms. The van der Waals surface area contributed by atoms with Crippen LogP contribution in [-0.2, 0) is 9.59 Å². The highest BCUT2D eigenvalue weighted by atomic mass is 16.2. The summed E-state index contributed by atoms with van der Waals surface area (Å²) >= 11 is 0. The Labute approximate surface area is 159 Å². The molecule has 1 saturated carbocycles. The zero-order valence-electron chi connectivity index (χ0n) is 16.8. The van der Waals surface area contributed by atoms with Crippen LogP contribution in [0.5, 0.6) is 0 Å². The molecule has 0 N–H and O–H groups in total. The molecule has 2 aliphatic heterocycles. The Kier molecular flexibility index (Phi) is 6.96. The first-order valence-electron chi connectivity index (χ1n) is 10.8. The van der Waals surface area contributed by atoms with E-state index in [0.717, 1.165) is 70.9 Å². The number of carbonyl (C=O) groups is 2. The van der Waals surface area contributed by atoms with Crippen LogP contribution >= 0.6 is 0 Å². The summed E-state index contributed by atoms with van der Waals surface area (Å²) in [6.45, 7) is 7.47. The number of amides is 2. The molecule has 0 atom stereocenters. The molecule has 2 saturated heterocycles. The second kappa shape index (κ2) is 9.20. The van der Waals surface area contributed by atoms with E-state index in [1.54, 1.807) is 0 Å². The third-order valence-electron chi connectivity index (χ3n) is 6.86. The van der Waals surface area contributed by atoms with Crippen LogP contribution in [0.15, 0.2) is 0 Å². The summed E-state index contributed by atoms with van der Waals surface area (Å²) in [5, 5.41) is 0. The predicted molar refractivity (Wildman–Crippen MR) is 104 cm³/mol. The smallest absolute Gasteiger partial charge is 0.225 e. The highest BCUT2D eigenvalue weighted by Gasteiger charge is 2.34. The third-order valence-corrected chi connectivity index (χ3v) is 6.86. The summed E-state index contributed by atoms with van der Waals surface area (Å²) < 4.78 is 0. The van der Waals surface area contributed by atoms with Crippen LogP contribution in [0.2, 0.25) is 0 Å². The number of piperazine rings is 1. The van der Waals surface area contributed by atoms with Gasteiger partial charge in [-0.2, -0.15) is 0 Å². The molecule has 2 amide bonds. The highest BCUT2D eigenvalue weighted by molar-refractivity contribution is 5.81. The van der Waals surface area contributed by atoms with Crippen LogP contribution in [0.4, 0.5) is 0 Å². The van der Waals surface area contributed by atoms with Crippen molar-refractivity contribution in [2.45, 2.75) is 58.3 Å². The SMILES string of the molecule is CCCC1CCC(C(=O)N2CCC(C(=O)N3CCN(C)CC3)CC2)CC1. The lowest BCUT2D eigenvalue weighted by atomic mass is 9.79. The van der Waals surface area contributed by atoms with Gasteiger partial charge >= 0.3 is 0 Å². The predicted octanol–water partition coefficient (Wildman–Crippen LogP) is 2.61. The largest absolute Gasteiger partial charge is 0.342 e. The topological polar surface area (TPSA) is 43.9 Å². The Morgan fingerprint density at radius 2 is 1.23 bits per heavy atom. The Morgan fingerprint density at radius 1 is 0.731 bits per heavy atom. The van der Waals surface area contributed by atoms with Crippen molar-refractivity contribution in [1.29, 1.82) is 0 Å². The summed E-state index contributed by atoms with van der Waals surface area (Å²) in [5.41, 5.74) is 0. The van der Waals surface area contributed by atoms with Gasteiger partial charge in [0.1, 0.15) is 0 Å². The molecule has 0 bridgehead atoms. The maximum Gasteiger partial charge on any atom is 0.225 e. The van der Waals surface area contributed by atoms with Gasteiger partial charge in [-0.05, 0) is 51.5 Å². The van der Waals surface area contributed by atoms with Crippen LogP contribution < -0.4 is 0 Å². The summed E-state index contributed by atoms with van der Waals surface area (Å²) in [4.78, 5) is 32.0. The van der Waals surface area contributed by atoms with E-state index < -0.39 is 0 Å². The minimum atomic E-state index is 0.128. The van der Waals surface area contributed by atoms with Gasteiger partial charge in [-0.15, -0.1) is 0 Å². The monoisotopic (exact) mass is 363 g/mol. The third kappa shape index (κ3) is 4.79. The van der Waals surface area contributed by atoms with Crippen molar-refractivity contribution in [3.05, 3.63) is 0 Å². The Balaban J connectivity index is 1.42. The second-order valence-electron chi connectivity index (χ2n) is 8.73. The summed E-state index contributed by atoms with van der Waals surface area (Å²) in [6, 6.07) is 0. The average molecular weight is 364 g/mol. The number of hydrogen-bond donors (Lipinski definition) is 0. The quantitative estimate of drug-likeness (QED) is 0.771. The standard InChI is InChI=1S/C21H37N3O2/c1-3-4-17-5-7-18(8-6-17)20(25)23-11-9-19(10-12-23)21(26)24-15-13-22(2)14-16-24/h17-19H,3-16H2,1-2H3. The first kappa shape index (κ1) is 19.7. The number of carbonyl (C=O) groups excluding carboxylic acids is 2. The Morgan fingerprint density at radius 3 is 1.77 bits per heavy atom. The Bertz CT molecular complexity index is 472. The summed E-state index contributed by atoms with van der Waals surface area (Å²) in [5.74, 6) is 1.91. The number of piperidine rings is 1. The van der Waals surface area contributed by atoms with Gasteiger partial charge in [0.25, 0.3) is 0 Å². The number of hydrogen-bond acceptors (Lipinski definition) is 3. The summed E-state index contributed by atoms with van der Waals surface area (Å²) in [7, 11) is 2.11. The van der Waals surface area contributed by atoms with Gasteiger partial charge in [0.2, 0.25) is 11.8 Å². The fourth-order valence-corrected chi connectivity index (χ4v) is 5.00. The molecule has 148 valence electrons. The van der Waals surface area contributed by atoms with E-state index in [-0.39, 0.29) is 11.8 Å². The fraction of sp³-hybridized carbons (Fsp3) is 0.905. The molecule has 0 unspecified atom stereocenters. The molecule has 0 radical (unpaired) electrons. The minimum absolute atomic E-state index is 0.128. The molecule has 0 aromatic rings. The van der Waals surface area contributed by atoms with E-state index in [2.05, 4.69) is 23.8 Å². The molecule has 2 heterocycles. The zero-order valence-corrected chi connectivity index (χ0v) is 16.8. The maximum absolute atomic E-state index is 12.9. The van der Waals surface area contributed by atoms with E-state index >= 15 is 0 Å². The Hall–Kier alpha value is -1.10. The molecule has 3 fully saturated rings. The lowest BCUT2D eigenvalue weighted by Crippen LogP contribution is -2.51. The number of rotatable bonds is 4.